The third kappa shape index (κ3) is 3.41. The molecule has 0 bridgehead atoms. The molecule has 8 heteroatoms. The summed E-state index contributed by atoms with van der Waals surface area (Å²) >= 11 is 0. The number of pyridine rings is 2. The van der Waals surface area contributed by atoms with Gasteiger partial charge >= 0.3 is 0 Å². The van der Waals surface area contributed by atoms with Crippen LogP contribution in [0, 0.1) is 6.92 Å². The Morgan fingerprint density at radius 2 is 2.11 bits per heavy atom. The zero-order valence-corrected chi connectivity index (χ0v) is 15.0. The van der Waals surface area contributed by atoms with Gasteiger partial charge in [0.15, 0.2) is 0 Å². The quantitative estimate of drug-likeness (QED) is 0.707. The predicted octanol–water partition coefficient (Wildman–Crippen LogP) is 2.37. The maximum atomic E-state index is 10.4. The molecule has 1 atom stereocenters. The third-order valence-corrected chi connectivity index (χ3v) is 4.99. The molecule has 8 nitrogen and oxygen atoms in total. The van der Waals surface area contributed by atoms with Gasteiger partial charge in [-0.2, -0.15) is 4.98 Å². The molecule has 1 aliphatic rings. The zero-order valence-electron chi connectivity index (χ0n) is 15.0. The molecule has 27 heavy (non-hydrogen) atoms. The van der Waals surface area contributed by atoms with E-state index in [0.29, 0.717) is 35.1 Å². The first kappa shape index (κ1) is 17.6. The molecule has 1 aliphatic heterocycles. The lowest BCUT2D eigenvalue weighted by molar-refractivity contribution is 0.196. The summed E-state index contributed by atoms with van der Waals surface area (Å²) in [5.74, 6) is 1.24. The van der Waals surface area contributed by atoms with Crippen molar-refractivity contribution in [2.75, 3.05) is 6.54 Å². The van der Waals surface area contributed by atoms with Gasteiger partial charge in [-0.1, -0.05) is 5.16 Å². The van der Waals surface area contributed by atoms with E-state index in [2.05, 4.69) is 25.0 Å². The summed E-state index contributed by atoms with van der Waals surface area (Å²) in [6.45, 7) is 2.92. The molecular formula is C19H21N5O3. The largest absolute Gasteiger partial charge is 0.506 e. The number of hydrogen-bond donors (Lipinski definition) is 2. The van der Waals surface area contributed by atoms with Crippen LogP contribution in [0.4, 0.5) is 0 Å². The Hall–Kier alpha value is -2.84. The van der Waals surface area contributed by atoms with Crippen molar-refractivity contribution in [3.05, 3.63) is 53.4 Å². The van der Waals surface area contributed by atoms with E-state index in [1.54, 1.807) is 25.5 Å². The Kier molecular flexibility index (Phi) is 4.83. The molecule has 2 N–H and O–H groups in total. The number of aromatic nitrogens is 4. The monoisotopic (exact) mass is 367 g/mol. The molecule has 3 aromatic heterocycles. The van der Waals surface area contributed by atoms with E-state index >= 15 is 0 Å². The minimum Gasteiger partial charge on any atom is -0.506 e. The van der Waals surface area contributed by atoms with Crippen molar-refractivity contribution >= 4 is 0 Å². The first-order chi connectivity index (χ1) is 13.2. The maximum absolute atomic E-state index is 10.4. The Bertz CT molecular complexity index is 928. The van der Waals surface area contributed by atoms with E-state index in [1.807, 2.05) is 12.1 Å². The van der Waals surface area contributed by atoms with Crippen LogP contribution >= 0.6 is 0 Å². The first-order valence-electron chi connectivity index (χ1n) is 8.92. The van der Waals surface area contributed by atoms with Gasteiger partial charge in [0.05, 0.1) is 18.3 Å². The van der Waals surface area contributed by atoms with Crippen molar-refractivity contribution in [2.24, 2.45) is 0 Å². The molecule has 3 aromatic rings. The van der Waals surface area contributed by atoms with Crippen LogP contribution in [-0.2, 0) is 13.2 Å². The Balaban J connectivity index is 1.59. The van der Waals surface area contributed by atoms with Crippen molar-refractivity contribution in [2.45, 2.75) is 39.0 Å². The van der Waals surface area contributed by atoms with E-state index < -0.39 is 0 Å². The summed E-state index contributed by atoms with van der Waals surface area (Å²) < 4.78 is 5.53. The van der Waals surface area contributed by atoms with Crippen LogP contribution in [0.2, 0.25) is 0 Å². The van der Waals surface area contributed by atoms with Gasteiger partial charge in [-0.3, -0.25) is 14.9 Å². The molecule has 0 spiro atoms. The average molecular weight is 367 g/mol. The second-order valence-corrected chi connectivity index (χ2v) is 6.67. The van der Waals surface area contributed by atoms with E-state index in [4.69, 9.17) is 4.52 Å². The molecule has 0 amide bonds. The van der Waals surface area contributed by atoms with Crippen LogP contribution in [0.3, 0.4) is 0 Å². The van der Waals surface area contributed by atoms with Gasteiger partial charge in [-0.15, -0.1) is 0 Å². The predicted molar refractivity (Wildman–Crippen MR) is 96.5 cm³/mol. The van der Waals surface area contributed by atoms with Crippen LogP contribution in [0.15, 0.2) is 35.2 Å². The Morgan fingerprint density at radius 1 is 1.30 bits per heavy atom. The molecule has 0 saturated carbocycles. The summed E-state index contributed by atoms with van der Waals surface area (Å²) in [6, 6.07) is 3.66. The van der Waals surface area contributed by atoms with Crippen LogP contribution in [0.1, 0.15) is 41.6 Å². The number of likely N-dealkylation sites (tertiary alicyclic amines) is 1. The SMILES string of the molecule is Cc1ncc(CO)c(CN2CCC[C@@H]2c2nc(-c3ccncc3)no2)c1O. The summed E-state index contributed by atoms with van der Waals surface area (Å²) in [6.07, 6.45) is 6.90. The van der Waals surface area contributed by atoms with Crippen LogP contribution in [-0.4, -0.2) is 41.8 Å². The smallest absolute Gasteiger partial charge is 0.244 e. The number of aliphatic hydroxyl groups is 1. The van der Waals surface area contributed by atoms with Gasteiger partial charge in [-0.25, -0.2) is 0 Å². The Morgan fingerprint density at radius 3 is 2.89 bits per heavy atom. The fourth-order valence-electron chi connectivity index (χ4n) is 3.48. The lowest BCUT2D eigenvalue weighted by Crippen LogP contribution is -2.24. The van der Waals surface area contributed by atoms with Gasteiger partial charge in [0.2, 0.25) is 11.7 Å². The lowest BCUT2D eigenvalue weighted by Gasteiger charge is -2.23. The van der Waals surface area contributed by atoms with Crippen molar-refractivity contribution in [3.8, 4) is 17.1 Å². The third-order valence-electron chi connectivity index (χ3n) is 4.99. The molecule has 0 aliphatic carbocycles. The van der Waals surface area contributed by atoms with E-state index in [0.717, 1.165) is 24.9 Å². The highest BCUT2D eigenvalue weighted by atomic mass is 16.5. The number of hydrogen-bond acceptors (Lipinski definition) is 8. The van der Waals surface area contributed by atoms with Gasteiger partial charge in [0, 0.05) is 41.8 Å². The number of aliphatic hydroxyl groups excluding tert-OH is 1. The molecule has 1 saturated heterocycles. The highest BCUT2D eigenvalue weighted by Gasteiger charge is 2.32. The molecule has 4 heterocycles. The van der Waals surface area contributed by atoms with Crippen LogP contribution in [0.5, 0.6) is 5.75 Å². The molecule has 140 valence electrons. The summed E-state index contributed by atoms with van der Waals surface area (Å²) in [4.78, 5) is 14.9. The van der Waals surface area contributed by atoms with Gasteiger partial charge in [-0.05, 0) is 38.4 Å². The molecule has 1 fully saturated rings. The van der Waals surface area contributed by atoms with Crippen molar-refractivity contribution in [1.29, 1.82) is 0 Å². The summed E-state index contributed by atoms with van der Waals surface area (Å²) in [7, 11) is 0. The highest BCUT2D eigenvalue weighted by Crippen LogP contribution is 2.35. The van der Waals surface area contributed by atoms with E-state index in [1.165, 1.54) is 0 Å². The van der Waals surface area contributed by atoms with Gasteiger partial charge < -0.3 is 14.7 Å². The van der Waals surface area contributed by atoms with Crippen molar-refractivity contribution in [3.63, 3.8) is 0 Å². The fourth-order valence-corrected chi connectivity index (χ4v) is 3.48. The molecule has 0 aromatic carbocycles. The molecule has 0 radical (unpaired) electrons. The lowest BCUT2D eigenvalue weighted by atomic mass is 10.1. The highest BCUT2D eigenvalue weighted by molar-refractivity contribution is 5.52. The van der Waals surface area contributed by atoms with Crippen molar-refractivity contribution < 1.29 is 14.7 Å². The Labute approximate surface area is 156 Å². The minimum atomic E-state index is -0.165. The number of nitrogens with zero attached hydrogens (tertiary/aromatic N) is 5. The number of aryl methyl sites for hydroxylation is 1. The number of rotatable bonds is 5. The first-order valence-corrected chi connectivity index (χ1v) is 8.92. The normalized spacial score (nSPS) is 17.5. The molecule has 4 rings (SSSR count). The number of aromatic hydroxyl groups is 1. The van der Waals surface area contributed by atoms with Crippen LogP contribution < -0.4 is 0 Å². The van der Waals surface area contributed by atoms with E-state index in [-0.39, 0.29) is 18.4 Å². The summed E-state index contributed by atoms with van der Waals surface area (Å²) in [5, 5.41) is 24.1. The fraction of sp³-hybridized carbons (Fsp3) is 0.368. The van der Waals surface area contributed by atoms with Crippen molar-refractivity contribution in [1.82, 2.24) is 25.0 Å². The van der Waals surface area contributed by atoms with Gasteiger partial charge in [0.1, 0.15) is 5.75 Å². The second-order valence-electron chi connectivity index (χ2n) is 6.67. The summed E-state index contributed by atoms with van der Waals surface area (Å²) in [5.41, 5.74) is 2.74. The average Bonchev–Trinajstić information content (AvgIpc) is 3.35. The van der Waals surface area contributed by atoms with Gasteiger partial charge in [0.25, 0.3) is 0 Å². The standard InChI is InChI=1S/C19H21N5O3/c1-12-17(26)15(14(11-25)9-21-12)10-24-8-2-3-16(24)19-22-18(23-27-19)13-4-6-20-7-5-13/h4-7,9,16,25-26H,2-3,8,10-11H2,1H3/t16-/m1/s1. The van der Waals surface area contributed by atoms with Crippen LogP contribution in [0.25, 0.3) is 11.4 Å². The topological polar surface area (TPSA) is 108 Å². The molecule has 0 unspecified atom stereocenters. The zero-order chi connectivity index (χ0) is 18.8. The van der Waals surface area contributed by atoms with E-state index in [9.17, 15) is 10.2 Å². The minimum absolute atomic E-state index is 0.0208. The maximum Gasteiger partial charge on any atom is 0.244 e. The second kappa shape index (κ2) is 7.42. The molecular weight excluding hydrogens is 346 g/mol.